The quantitative estimate of drug-likeness (QED) is 0.904. The minimum Gasteiger partial charge on any atom is -0.439 e. The molecule has 1 atom stereocenters. The molecule has 0 fully saturated rings. The van der Waals surface area contributed by atoms with Crippen molar-refractivity contribution in [3.05, 3.63) is 36.0 Å². The number of aromatic nitrogens is 2. The molecule has 0 aromatic carbocycles. The minimum absolute atomic E-state index is 0.488. The van der Waals surface area contributed by atoms with Crippen molar-refractivity contribution in [3.63, 3.8) is 0 Å². The predicted molar refractivity (Wildman–Crippen MR) is 64.9 cm³/mol. The maximum Gasteiger partial charge on any atom is 0.260 e. The molecule has 0 radical (unpaired) electrons. The lowest BCUT2D eigenvalue weighted by Gasteiger charge is -2.06. The zero-order chi connectivity index (χ0) is 12.3. The molecule has 2 aromatic heterocycles. The van der Waals surface area contributed by atoms with Crippen molar-refractivity contribution in [1.82, 2.24) is 9.97 Å². The van der Waals surface area contributed by atoms with E-state index in [-0.39, 0.29) is 0 Å². The number of hydrogen-bond donors (Lipinski definition) is 1. The van der Waals surface area contributed by atoms with Crippen molar-refractivity contribution in [3.8, 4) is 0 Å². The Kier molecular flexibility index (Phi) is 3.81. The van der Waals surface area contributed by atoms with E-state index < -0.39 is 6.10 Å². The van der Waals surface area contributed by atoms with Gasteiger partial charge in [0.25, 0.3) is 5.22 Å². The summed E-state index contributed by atoms with van der Waals surface area (Å²) in [5.41, 5.74) is 1.55. The number of aliphatic hydroxyl groups is 1. The summed E-state index contributed by atoms with van der Waals surface area (Å²) < 4.78 is 5.24. The average molecular weight is 250 g/mol. The van der Waals surface area contributed by atoms with Crippen LogP contribution in [-0.4, -0.2) is 15.1 Å². The second-order valence-electron chi connectivity index (χ2n) is 3.70. The molecule has 0 aliphatic carbocycles. The van der Waals surface area contributed by atoms with E-state index in [2.05, 4.69) is 9.97 Å². The molecule has 0 saturated carbocycles. The fraction of sp³-hybridized carbons (Fsp3) is 0.333. The van der Waals surface area contributed by atoms with Gasteiger partial charge in [0.2, 0.25) is 0 Å². The van der Waals surface area contributed by atoms with Crippen molar-refractivity contribution in [2.75, 3.05) is 0 Å². The minimum atomic E-state index is -0.488. The van der Waals surface area contributed by atoms with Crippen LogP contribution in [0.3, 0.4) is 0 Å². The van der Waals surface area contributed by atoms with E-state index in [0.717, 1.165) is 10.6 Å². The van der Waals surface area contributed by atoms with E-state index in [1.54, 1.807) is 12.5 Å². The van der Waals surface area contributed by atoms with E-state index in [9.17, 15) is 5.11 Å². The number of hydrogen-bond acceptors (Lipinski definition) is 5. The maximum absolute atomic E-state index is 9.61. The number of oxazole rings is 1. The second-order valence-corrected chi connectivity index (χ2v) is 4.72. The van der Waals surface area contributed by atoms with Crippen molar-refractivity contribution in [1.29, 1.82) is 0 Å². The molecular formula is C12H14N2O2S. The summed E-state index contributed by atoms with van der Waals surface area (Å²) in [5.74, 6) is 0. The number of aryl methyl sites for hydroxylation is 1. The zero-order valence-corrected chi connectivity index (χ0v) is 10.6. The third-order valence-corrected chi connectivity index (χ3v) is 3.13. The molecule has 2 aromatic rings. The van der Waals surface area contributed by atoms with Crippen LogP contribution in [0.5, 0.6) is 0 Å². The molecule has 90 valence electrons. The van der Waals surface area contributed by atoms with Crippen LogP contribution in [0.1, 0.15) is 30.8 Å². The van der Waals surface area contributed by atoms with Gasteiger partial charge in [0.05, 0.1) is 17.5 Å². The Morgan fingerprint density at radius 3 is 2.82 bits per heavy atom. The van der Waals surface area contributed by atoms with E-state index in [0.29, 0.717) is 17.3 Å². The largest absolute Gasteiger partial charge is 0.439 e. The Balaban J connectivity index is 2.08. The highest BCUT2D eigenvalue weighted by molar-refractivity contribution is 7.99. The smallest absolute Gasteiger partial charge is 0.260 e. The van der Waals surface area contributed by atoms with Gasteiger partial charge in [0.15, 0.2) is 0 Å². The van der Waals surface area contributed by atoms with Crippen LogP contribution in [0.4, 0.5) is 0 Å². The number of nitrogens with zero attached hydrogens (tertiary/aromatic N) is 2. The van der Waals surface area contributed by atoms with Gasteiger partial charge in [-0.15, -0.1) is 0 Å². The predicted octanol–water partition coefficient (Wildman–Crippen LogP) is 2.97. The Labute approximate surface area is 104 Å². The lowest BCUT2D eigenvalue weighted by molar-refractivity contribution is 0.169. The van der Waals surface area contributed by atoms with Crippen LogP contribution in [0, 0.1) is 6.92 Å². The third-order valence-electron chi connectivity index (χ3n) is 2.29. The van der Waals surface area contributed by atoms with E-state index in [1.807, 2.05) is 26.0 Å². The first-order valence-electron chi connectivity index (χ1n) is 5.43. The molecular weight excluding hydrogens is 236 g/mol. The number of pyridine rings is 1. The van der Waals surface area contributed by atoms with Gasteiger partial charge in [0.1, 0.15) is 6.26 Å². The normalized spacial score (nSPS) is 12.6. The molecule has 2 rings (SSSR count). The van der Waals surface area contributed by atoms with Crippen LogP contribution < -0.4 is 0 Å². The van der Waals surface area contributed by atoms with Gasteiger partial charge >= 0.3 is 0 Å². The fourth-order valence-corrected chi connectivity index (χ4v) is 2.07. The molecule has 0 bridgehead atoms. The average Bonchev–Trinajstić information content (AvgIpc) is 2.75. The highest BCUT2D eigenvalue weighted by Gasteiger charge is 2.08. The maximum atomic E-state index is 9.61. The van der Waals surface area contributed by atoms with Crippen LogP contribution in [0.25, 0.3) is 0 Å². The molecule has 1 N–H and O–H groups in total. The van der Waals surface area contributed by atoms with E-state index in [1.165, 1.54) is 11.8 Å². The number of aliphatic hydroxyl groups excluding tert-OH is 1. The van der Waals surface area contributed by atoms with Crippen molar-refractivity contribution in [2.24, 2.45) is 0 Å². The van der Waals surface area contributed by atoms with Crippen molar-refractivity contribution in [2.45, 2.75) is 36.5 Å². The molecule has 0 aliphatic rings. The summed E-state index contributed by atoms with van der Waals surface area (Å²) >= 11 is 1.41. The second kappa shape index (κ2) is 5.33. The van der Waals surface area contributed by atoms with Crippen LogP contribution >= 0.6 is 11.8 Å². The molecule has 0 amide bonds. The Hall–Kier alpha value is -1.33. The first-order valence-corrected chi connectivity index (χ1v) is 6.24. The first kappa shape index (κ1) is 12.1. The van der Waals surface area contributed by atoms with Gasteiger partial charge in [-0.3, -0.25) is 4.98 Å². The summed E-state index contributed by atoms with van der Waals surface area (Å²) in [5, 5.41) is 10.2. The Morgan fingerprint density at radius 1 is 1.47 bits per heavy atom. The molecule has 4 nitrogen and oxygen atoms in total. The van der Waals surface area contributed by atoms with Gasteiger partial charge in [-0.2, -0.15) is 0 Å². The SMILES string of the molecule is CC[C@@H](O)c1ccc(Sc2nc(C)co2)cn1. The molecule has 17 heavy (non-hydrogen) atoms. The first-order chi connectivity index (χ1) is 8.19. The Morgan fingerprint density at radius 2 is 2.29 bits per heavy atom. The molecule has 0 aliphatic heterocycles. The van der Waals surface area contributed by atoms with Gasteiger partial charge in [-0.1, -0.05) is 6.92 Å². The highest BCUT2D eigenvalue weighted by atomic mass is 32.2. The molecule has 0 saturated heterocycles. The summed E-state index contributed by atoms with van der Waals surface area (Å²) in [6.07, 6.45) is 3.51. The van der Waals surface area contributed by atoms with Gasteiger partial charge in [0, 0.05) is 11.1 Å². The molecule has 0 unspecified atom stereocenters. The molecule has 5 heteroatoms. The molecule has 0 spiro atoms. The van der Waals surface area contributed by atoms with Crippen LogP contribution in [0.2, 0.25) is 0 Å². The standard InChI is InChI=1S/C12H14N2O2S/c1-3-11(15)10-5-4-9(6-13-10)17-12-14-8(2)7-16-12/h4-7,11,15H,3H2,1-2H3/t11-/m1/s1. The summed E-state index contributed by atoms with van der Waals surface area (Å²) in [4.78, 5) is 9.35. The lowest BCUT2D eigenvalue weighted by Crippen LogP contribution is -1.97. The van der Waals surface area contributed by atoms with Crippen LogP contribution in [-0.2, 0) is 0 Å². The number of rotatable bonds is 4. The van der Waals surface area contributed by atoms with Gasteiger partial charge in [-0.25, -0.2) is 4.98 Å². The lowest BCUT2D eigenvalue weighted by atomic mass is 10.2. The van der Waals surface area contributed by atoms with E-state index in [4.69, 9.17) is 4.42 Å². The summed E-state index contributed by atoms with van der Waals surface area (Å²) in [6, 6.07) is 3.73. The topological polar surface area (TPSA) is 59.2 Å². The summed E-state index contributed by atoms with van der Waals surface area (Å²) in [7, 11) is 0. The van der Waals surface area contributed by atoms with Gasteiger partial charge in [-0.05, 0) is 37.2 Å². The van der Waals surface area contributed by atoms with E-state index >= 15 is 0 Å². The summed E-state index contributed by atoms with van der Waals surface area (Å²) in [6.45, 7) is 3.80. The van der Waals surface area contributed by atoms with Crippen LogP contribution in [0.15, 0.2) is 39.1 Å². The van der Waals surface area contributed by atoms with Crippen molar-refractivity contribution < 1.29 is 9.52 Å². The monoisotopic (exact) mass is 250 g/mol. The highest BCUT2D eigenvalue weighted by Crippen LogP contribution is 2.27. The van der Waals surface area contributed by atoms with Gasteiger partial charge < -0.3 is 9.52 Å². The molecule has 2 heterocycles. The van der Waals surface area contributed by atoms with Crippen molar-refractivity contribution >= 4 is 11.8 Å². The third kappa shape index (κ3) is 3.08. The zero-order valence-electron chi connectivity index (χ0n) is 9.75. The fourth-order valence-electron chi connectivity index (χ4n) is 1.34. The Bertz CT molecular complexity index is 482.